The molecule has 0 heterocycles. The molecule has 2 nitrogen and oxygen atoms in total. The number of nitrogens with two attached hydrogens (primary N) is 1. The molecule has 0 aliphatic heterocycles. The first-order valence-electron chi connectivity index (χ1n) is 3.58. The average Bonchev–Trinajstić information content (AvgIpc) is 2.08. The SMILES string of the molecule is Cc1cc(C=O)c(N)c(Cl)c1C. The molecule has 0 saturated heterocycles. The van der Waals surface area contributed by atoms with E-state index in [9.17, 15) is 4.79 Å². The summed E-state index contributed by atoms with van der Waals surface area (Å²) in [5.41, 5.74) is 8.34. The van der Waals surface area contributed by atoms with Gasteiger partial charge in [-0.25, -0.2) is 0 Å². The Balaban J connectivity index is 3.49. The van der Waals surface area contributed by atoms with Crippen molar-refractivity contribution in [3.05, 3.63) is 27.8 Å². The number of carbonyl (C=O) groups excluding carboxylic acids is 1. The molecule has 3 heteroatoms. The van der Waals surface area contributed by atoms with Crippen LogP contribution in [0, 0.1) is 13.8 Å². The van der Waals surface area contributed by atoms with Gasteiger partial charge in [0.15, 0.2) is 6.29 Å². The monoisotopic (exact) mass is 183 g/mol. The van der Waals surface area contributed by atoms with Crippen molar-refractivity contribution in [3.63, 3.8) is 0 Å². The lowest BCUT2D eigenvalue weighted by Gasteiger charge is -2.07. The Morgan fingerprint density at radius 1 is 1.50 bits per heavy atom. The van der Waals surface area contributed by atoms with Gasteiger partial charge in [0.05, 0.1) is 10.7 Å². The van der Waals surface area contributed by atoms with E-state index in [-0.39, 0.29) is 0 Å². The van der Waals surface area contributed by atoms with Crippen molar-refractivity contribution in [1.29, 1.82) is 0 Å². The summed E-state index contributed by atoms with van der Waals surface area (Å²) in [5, 5.41) is 0.483. The summed E-state index contributed by atoms with van der Waals surface area (Å²) >= 11 is 5.88. The Bertz CT molecular complexity index is 334. The van der Waals surface area contributed by atoms with Crippen LogP contribution >= 0.6 is 11.6 Å². The van der Waals surface area contributed by atoms with Gasteiger partial charge in [-0.2, -0.15) is 0 Å². The number of benzene rings is 1. The zero-order valence-electron chi connectivity index (χ0n) is 7.02. The molecule has 0 spiro atoms. The van der Waals surface area contributed by atoms with Crippen LogP contribution in [0.1, 0.15) is 21.5 Å². The molecule has 64 valence electrons. The molecule has 0 bridgehead atoms. The van der Waals surface area contributed by atoms with Gasteiger partial charge in [-0.05, 0) is 31.0 Å². The summed E-state index contributed by atoms with van der Waals surface area (Å²) in [6, 6.07) is 1.74. The van der Waals surface area contributed by atoms with Gasteiger partial charge in [0.1, 0.15) is 0 Å². The summed E-state index contributed by atoms with van der Waals surface area (Å²) in [6.07, 6.45) is 0.716. The van der Waals surface area contributed by atoms with Crippen LogP contribution < -0.4 is 5.73 Å². The average molecular weight is 184 g/mol. The molecular weight excluding hydrogens is 174 g/mol. The van der Waals surface area contributed by atoms with E-state index in [0.29, 0.717) is 22.6 Å². The predicted octanol–water partition coefficient (Wildman–Crippen LogP) is 2.35. The van der Waals surface area contributed by atoms with Crippen LogP contribution in [0.15, 0.2) is 6.07 Å². The number of rotatable bonds is 1. The van der Waals surface area contributed by atoms with E-state index in [2.05, 4.69) is 0 Å². The van der Waals surface area contributed by atoms with Gasteiger partial charge in [0.25, 0.3) is 0 Å². The van der Waals surface area contributed by atoms with E-state index < -0.39 is 0 Å². The second kappa shape index (κ2) is 3.15. The maximum absolute atomic E-state index is 10.5. The fraction of sp³-hybridized carbons (Fsp3) is 0.222. The Morgan fingerprint density at radius 2 is 2.08 bits per heavy atom. The molecule has 0 aliphatic rings. The lowest BCUT2D eigenvalue weighted by molar-refractivity contribution is 0.112. The van der Waals surface area contributed by atoms with Crippen LogP contribution in [0.4, 0.5) is 5.69 Å². The van der Waals surface area contributed by atoms with Crippen LogP contribution in [0.2, 0.25) is 5.02 Å². The van der Waals surface area contributed by atoms with E-state index in [1.807, 2.05) is 13.8 Å². The first-order chi connectivity index (χ1) is 5.57. The van der Waals surface area contributed by atoms with Gasteiger partial charge in [-0.3, -0.25) is 4.79 Å². The Labute approximate surface area is 76.3 Å². The fourth-order valence-electron chi connectivity index (χ4n) is 1.02. The van der Waals surface area contributed by atoms with E-state index in [1.165, 1.54) is 0 Å². The molecule has 1 aromatic carbocycles. The lowest BCUT2D eigenvalue weighted by Crippen LogP contribution is -1.97. The fourth-order valence-corrected chi connectivity index (χ4v) is 1.28. The molecule has 2 N–H and O–H groups in total. The molecule has 1 aromatic rings. The van der Waals surface area contributed by atoms with Gasteiger partial charge >= 0.3 is 0 Å². The maximum atomic E-state index is 10.5. The standard InChI is InChI=1S/C9H10ClNO/c1-5-3-7(4-12)9(11)8(10)6(5)2/h3-4H,11H2,1-2H3. The summed E-state index contributed by atoms with van der Waals surface area (Å²) in [6.45, 7) is 3.77. The van der Waals surface area contributed by atoms with Crippen molar-refractivity contribution in [2.45, 2.75) is 13.8 Å². The van der Waals surface area contributed by atoms with E-state index >= 15 is 0 Å². The molecule has 0 fully saturated rings. The van der Waals surface area contributed by atoms with Crippen LogP contribution in [-0.4, -0.2) is 6.29 Å². The molecule has 12 heavy (non-hydrogen) atoms. The van der Waals surface area contributed by atoms with Crippen molar-refractivity contribution < 1.29 is 4.79 Å². The van der Waals surface area contributed by atoms with Crippen LogP contribution in [-0.2, 0) is 0 Å². The Kier molecular flexibility index (Phi) is 2.38. The van der Waals surface area contributed by atoms with Gasteiger partial charge < -0.3 is 5.73 Å². The predicted molar refractivity (Wildman–Crippen MR) is 50.7 cm³/mol. The topological polar surface area (TPSA) is 43.1 Å². The van der Waals surface area contributed by atoms with E-state index in [4.69, 9.17) is 17.3 Å². The minimum atomic E-state index is 0.370. The quantitative estimate of drug-likeness (QED) is 0.537. The van der Waals surface area contributed by atoms with Crippen molar-refractivity contribution in [2.75, 3.05) is 5.73 Å². The number of carbonyl (C=O) groups is 1. The summed E-state index contributed by atoms with van der Waals surface area (Å²) in [5.74, 6) is 0. The van der Waals surface area contributed by atoms with Gasteiger partial charge in [-0.15, -0.1) is 0 Å². The number of halogens is 1. The smallest absolute Gasteiger partial charge is 0.152 e. The van der Waals surface area contributed by atoms with E-state index in [1.54, 1.807) is 6.07 Å². The van der Waals surface area contributed by atoms with Crippen molar-refractivity contribution in [3.8, 4) is 0 Å². The molecule has 0 radical (unpaired) electrons. The molecule has 0 atom stereocenters. The Hall–Kier alpha value is -1.02. The third-order valence-corrected chi connectivity index (χ3v) is 2.45. The molecule has 0 saturated carbocycles. The van der Waals surface area contributed by atoms with Crippen LogP contribution in [0.5, 0.6) is 0 Å². The maximum Gasteiger partial charge on any atom is 0.152 e. The third kappa shape index (κ3) is 1.30. The number of hydrogen-bond donors (Lipinski definition) is 1. The molecule has 0 aromatic heterocycles. The van der Waals surface area contributed by atoms with Gasteiger partial charge in [-0.1, -0.05) is 11.6 Å². The lowest BCUT2D eigenvalue weighted by atomic mass is 10.0. The molecule has 0 aliphatic carbocycles. The number of nitrogen functional groups attached to an aromatic ring is 1. The molecule has 0 unspecified atom stereocenters. The van der Waals surface area contributed by atoms with Crippen molar-refractivity contribution in [2.24, 2.45) is 0 Å². The minimum Gasteiger partial charge on any atom is -0.397 e. The second-order valence-electron chi connectivity index (χ2n) is 2.75. The van der Waals surface area contributed by atoms with Crippen molar-refractivity contribution in [1.82, 2.24) is 0 Å². The number of aldehydes is 1. The zero-order valence-corrected chi connectivity index (χ0v) is 7.77. The first-order valence-corrected chi connectivity index (χ1v) is 3.96. The highest BCUT2D eigenvalue weighted by Gasteiger charge is 2.07. The highest BCUT2D eigenvalue weighted by atomic mass is 35.5. The third-order valence-electron chi connectivity index (χ3n) is 1.97. The van der Waals surface area contributed by atoms with Gasteiger partial charge in [0, 0.05) is 5.56 Å². The summed E-state index contributed by atoms with van der Waals surface area (Å²) < 4.78 is 0. The number of aryl methyl sites for hydroxylation is 1. The molecule has 1 rings (SSSR count). The van der Waals surface area contributed by atoms with Crippen molar-refractivity contribution >= 4 is 23.6 Å². The normalized spacial score (nSPS) is 9.92. The Morgan fingerprint density at radius 3 is 2.58 bits per heavy atom. The number of hydrogen-bond acceptors (Lipinski definition) is 2. The summed E-state index contributed by atoms with van der Waals surface area (Å²) in [4.78, 5) is 10.5. The zero-order chi connectivity index (χ0) is 9.30. The van der Waals surface area contributed by atoms with Gasteiger partial charge in [0.2, 0.25) is 0 Å². The van der Waals surface area contributed by atoms with Crippen LogP contribution in [0.25, 0.3) is 0 Å². The molecule has 0 amide bonds. The van der Waals surface area contributed by atoms with Crippen LogP contribution in [0.3, 0.4) is 0 Å². The summed E-state index contributed by atoms with van der Waals surface area (Å²) in [7, 11) is 0. The largest absolute Gasteiger partial charge is 0.397 e. The first kappa shape index (κ1) is 9.07. The molecular formula is C9H10ClNO. The van der Waals surface area contributed by atoms with E-state index in [0.717, 1.165) is 11.1 Å². The highest BCUT2D eigenvalue weighted by molar-refractivity contribution is 6.34. The number of anilines is 1. The minimum absolute atomic E-state index is 0.370. The highest BCUT2D eigenvalue weighted by Crippen LogP contribution is 2.28. The second-order valence-corrected chi connectivity index (χ2v) is 3.13.